The van der Waals surface area contributed by atoms with Gasteiger partial charge in [0.25, 0.3) is 5.91 Å². The van der Waals surface area contributed by atoms with Crippen LogP contribution in [0.4, 0.5) is 0 Å². The molecule has 0 bridgehead atoms. The molecular formula is C25H33N3O3S. The van der Waals surface area contributed by atoms with Gasteiger partial charge in [-0.15, -0.1) is 0 Å². The lowest BCUT2D eigenvalue weighted by atomic mass is 10.0. The maximum Gasteiger partial charge on any atom is 0.251 e. The van der Waals surface area contributed by atoms with Crippen molar-refractivity contribution in [2.75, 3.05) is 27.8 Å². The highest BCUT2D eigenvalue weighted by molar-refractivity contribution is 7.77. The highest BCUT2D eigenvalue weighted by Gasteiger charge is 2.21. The van der Waals surface area contributed by atoms with Crippen LogP contribution < -0.4 is 14.8 Å². The molecule has 172 valence electrons. The molecule has 0 saturated carbocycles. The van der Waals surface area contributed by atoms with Gasteiger partial charge in [0, 0.05) is 39.8 Å². The number of aromatic amines is 1. The van der Waals surface area contributed by atoms with Gasteiger partial charge in [-0.3, -0.25) is 9.10 Å². The lowest BCUT2D eigenvalue weighted by Gasteiger charge is -2.31. The molecule has 0 aliphatic rings. The number of methoxy groups -OCH3 is 2. The number of rotatable bonds is 9. The fourth-order valence-corrected chi connectivity index (χ4v) is 3.84. The highest BCUT2D eigenvalue weighted by atomic mass is 32.1. The van der Waals surface area contributed by atoms with Gasteiger partial charge in [0.15, 0.2) is 11.5 Å². The van der Waals surface area contributed by atoms with E-state index in [-0.39, 0.29) is 11.4 Å². The van der Waals surface area contributed by atoms with Crippen molar-refractivity contribution in [1.82, 2.24) is 14.6 Å². The van der Waals surface area contributed by atoms with Gasteiger partial charge in [-0.2, -0.15) is 0 Å². The van der Waals surface area contributed by atoms with E-state index in [1.807, 2.05) is 47.8 Å². The second-order valence-corrected chi connectivity index (χ2v) is 9.10. The summed E-state index contributed by atoms with van der Waals surface area (Å²) in [5, 5.41) is 4.09. The first-order valence-corrected chi connectivity index (χ1v) is 11.2. The number of ether oxygens (including phenoxy) is 2. The Labute approximate surface area is 195 Å². The van der Waals surface area contributed by atoms with E-state index < -0.39 is 0 Å². The average molecular weight is 456 g/mol. The van der Waals surface area contributed by atoms with Gasteiger partial charge in [-0.05, 0) is 75.7 Å². The normalized spacial score (nSPS) is 11.8. The molecule has 0 aliphatic carbocycles. The zero-order valence-electron chi connectivity index (χ0n) is 19.7. The van der Waals surface area contributed by atoms with Crippen molar-refractivity contribution in [3.8, 4) is 22.8 Å². The molecule has 1 heterocycles. The second kappa shape index (κ2) is 9.88. The number of hydrogen-bond acceptors (Lipinski definition) is 5. The fourth-order valence-electron chi connectivity index (χ4n) is 3.74. The van der Waals surface area contributed by atoms with Crippen LogP contribution in [-0.4, -0.2) is 48.5 Å². The third-order valence-electron chi connectivity index (χ3n) is 6.09. The molecular weight excluding hydrogens is 422 g/mol. The number of H-pyrrole nitrogens is 1. The number of thiol groups is 1. The zero-order chi connectivity index (χ0) is 23.5. The molecule has 0 saturated heterocycles. The average Bonchev–Trinajstić information content (AvgIpc) is 3.15. The Morgan fingerprint density at radius 2 is 1.84 bits per heavy atom. The summed E-state index contributed by atoms with van der Waals surface area (Å²) in [6.07, 6.45) is 1.63. The van der Waals surface area contributed by atoms with Crippen molar-refractivity contribution < 1.29 is 14.3 Å². The van der Waals surface area contributed by atoms with Crippen molar-refractivity contribution in [3.63, 3.8) is 0 Å². The molecule has 32 heavy (non-hydrogen) atoms. The number of fused-ring (bicyclic) bond motifs is 1. The summed E-state index contributed by atoms with van der Waals surface area (Å²) in [5.74, 6) is 1.30. The van der Waals surface area contributed by atoms with E-state index in [4.69, 9.17) is 9.47 Å². The molecule has 0 atom stereocenters. The van der Waals surface area contributed by atoms with Crippen molar-refractivity contribution in [2.45, 2.75) is 39.2 Å². The standard InChI is InChI=1S/C25H33N3O3S/c1-7-18-19-14-17(24(29)26-13-12-25(2,3)28(4)32)8-10-20(19)27-23(18)16-9-11-21(30-5)22(15-16)31-6/h8-11,14-15,27,32H,7,12-13H2,1-6H3,(H,26,29). The molecule has 1 aromatic heterocycles. The maximum atomic E-state index is 12.8. The largest absolute Gasteiger partial charge is 0.493 e. The van der Waals surface area contributed by atoms with Crippen LogP contribution in [0.1, 0.15) is 43.1 Å². The quantitative estimate of drug-likeness (QED) is 0.393. The van der Waals surface area contributed by atoms with Crippen molar-refractivity contribution in [3.05, 3.63) is 47.5 Å². The number of carbonyl (C=O) groups excluding carboxylic acids is 1. The van der Waals surface area contributed by atoms with E-state index in [0.717, 1.165) is 35.0 Å². The van der Waals surface area contributed by atoms with Crippen LogP contribution in [0, 0.1) is 0 Å². The molecule has 6 nitrogen and oxygen atoms in total. The van der Waals surface area contributed by atoms with Gasteiger partial charge in [0.05, 0.1) is 14.2 Å². The summed E-state index contributed by atoms with van der Waals surface area (Å²) in [4.78, 5) is 16.3. The van der Waals surface area contributed by atoms with E-state index in [9.17, 15) is 4.79 Å². The Balaban J connectivity index is 1.89. The number of hydrogen-bond donors (Lipinski definition) is 3. The topological polar surface area (TPSA) is 66.6 Å². The van der Waals surface area contributed by atoms with Gasteiger partial charge in [-0.1, -0.05) is 19.7 Å². The smallest absolute Gasteiger partial charge is 0.251 e. The third kappa shape index (κ3) is 4.89. The van der Waals surface area contributed by atoms with Crippen molar-refractivity contribution in [1.29, 1.82) is 0 Å². The monoisotopic (exact) mass is 455 g/mol. The molecule has 7 heteroatoms. The Kier molecular flexibility index (Phi) is 7.41. The van der Waals surface area contributed by atoms with Crippen molar-refractivity contribution in [2.24, 2.45) is 0 Å². The van der Waals surface area contributed by atoms with Gasteiger partial charge in [-0.25, -0.2) is 0 Å². The fraction of sp³-hybridized carbons (Fsp3) is 0.400. The lowest BCUT2D eigenvalue weighted by molar-refractivity contribution is 0.0948. The molecule has 0 radical (unpaired) electrons. The summed E-state index contributed by atoms with van der Waals surface area (Å²) in [6, 6.07) is 11.7. The number of amides is 1. The van der Waals surface area contributed by atoms with Gasteiger partial charge in [0.1, 0.15) is 0 Å². The lowest BCUT2D eigenvalue weighted by Crippen LogP contribution is -2.38. The Hall–Kier alpha value is -2.64. The summed E-state index contributed by atoms with van der Waals surface area (Å²) in [6.45, 7) is 6.90. The third-order valence-corrected chi connectivity index (χ3v) is 6.63. The van der Waals surface area contributed by atoms with Crippen LogP contribution in [0.5, 0.6) is 11.5 Å². The predicted octanol–water partition coefficient (Wildman–Crippen LogP) is 5.09. The summed E-state index contributed by atoms with van der Waals surface area (Å²) >= 11 is 4.39. The van der Waals surface area contributed by atoms with Gasteiger partial charge >= 0.3 is 0 Å². The molecule has 0 aliphatic heterocycles. The number of aromatic nitrogens is 1. The Bertz CT molecular complexity index is 1110. The predicted molar refractivity (Wildman–Crippen MR) is 134 cm³/mol. The van der Waals surface area contributed by atoms with E-state index in [1.165, 1.54) is 5.56 Å². The molecule has 2 aromatic carbocycles. The van der Waals surface area contributed by atoms with E-state index in [0.29, 0.717) is 23.6 Å². The first-order chi connectivity index (χ1) is 15.2. The first-order valence-electron chi connectivity index (χ1n) is 10.8. The van der Waals surface area contributed by atoms with E-state index >= 15 is 0 Å². The van der Waals surface area contributed by atoms with E-state index in [2.05, 4.69) is 43.9 Å². The summed E-state index contributed by atoms with van der Waals surface area (Å²) < 4.78 is 12.7. The zero-order valence-corrected chi connectivity index (χ0v) is 20.6. The molecule has 0 spiro atoms. The molecule has 2 N–H and O–H groups in total. The molecule has 0 unspecified atom stereocenters. The van der Waals surface area contributed by atoms with Crippen LogP contribution in [0.2, 0.25) is 0 Å². The summed E-state index contributed by atoms with van der Waals surface area (Å²) in [5.41, 5.74) is 4.76. The first kappa shape index (κ1) is 24.0. The minimum absolute atomic E-state index is 0.0690. The molecule has 0 fully saturated rings. The minimum Gasteiger partial charge on any atom is -0.493 e. The Morgan fingerprint density at radius 1 is 1.12 bits per heavy atom. The molecule has 1 amide bonds. The number of aryl methyl sites for hydroxylation is 1. The van der Waals surface area contributed by atoms with Crippen LogP contribution in [0.25, 0.3) is 22.2 Å². The van der Waals surface area contributed by atoms with Gasteiger partial charge in [0.2, 0.25) is 0 Å². The number of nitrogens with one attached hydrogen (secondary N) is 2. The SMILES string of the molecule is CCc1c(-c2ccc(OC)c(OC)c2)[nH]c2ccc(C(=O)NCCC(C)(C)N(C)S)cc12. The Morgan fingerprint density at radius 3 is 2.47 bits per heavy atom. The van der Waals surface area contributed by atoms with Crippen molar-refractivity contribution >= 4 is 29.6 Å². The van der Waals surface area contributed by atoms with Crippen LogP contribution >= 0.6 is 12.8 Å². The van der Waals surface area contributed by atoms with E-state index in [1.54, 1.807) is 14.2 Å². The molecule has 3 rings (SSSR count). The highest BCUT2D eigenvalue weighted by Crippen LogP contribution is 2.36. The minimum atomic E-state index is -0.106. The summed E-state index contributed by atoms with van der Waals surface area (Å²) in [7, 11) is 5.18. The number of nitrogens with zero attached hydrogens (tertiary/aromatic N) is 1. The van der Waals surface area contributed by atoms with Gasteiger partial charge < -0.3 is 19.8 Å². The second-order valence-electron chi connectivity index (χ2n) is 8.50. The van der Waals surface area contributed by atoms with Crippen LogP contribution in [0.15, 0.2) is 36.4 Å². The number of benzene rings is 2. The van der Waals surface area contributed by atoms with Crippen LogP contribution in [0.3, 0.4) is 0 Å². The van der Waals surface area contributed by atoms with Crippen LogP contribution in [-0.2, 0) is 6.42 Å². The molecule has 3 aromatic rings. The maximum absolute atomic E-state index is 12.8. The number of carbonyl (C=O) groups is 1.